The van der Waals surface area contributed by atoms with Gasteiger partial charge in [-0.05, 0) is 48.5 Å². The van der Waals surface area contributed by atoms with E-state index in [1.54, 1.807) is 49.1 Å². The zero-order valence-corrected chi connectivity index (χ0v) is 22.9. The summed E-state index contributed by atoms with van der Waals surface area (Å²) in [4.78, 5) is 0. The van der Waals surface area contributed by atoms with Crippen molar-refractivity contribution in [3.05, 3.63) is 108 Å². The molecule has 2 nitrogen and oxygen atoms in total. The summed E-state index contributed by atoms with van der Waals surface area (Å²) in [5, 5.41) is 0. The van der Waals surface area contributed by atoms with E-state index in [1.165, 1.54) is 99.3 Å². The standard InChI is InChI=1S/C23H18F4N2.2C5H10/c1-23(2,19-15(24)7-9-17(21(19)26)28-11-3-4-12-28)20-16(25)8-10-18(22(20)27)29-13-5-6-14-29;2*1-2-4-5-3-1/h3-14H,1-2H3;2*1-5H2. The third-order valence-electron chi connectivity index (χ3n) is 7.66. The normalized spacial score (nSPS) is 14.9. The molecule has 0 spiro atoms. The first-order valence-corrected chi connectivity index (χ1v) is 14.1. The van der Waals surface area contributed by atoms with E-state index in [9.17, 15) is 8.78 Å². The van der Waals surface area contributed by atoms with E-state index in [-0.39, 0.29) is 11.4 Å². The fraction of sp³-hybridized carbons (Fsp3) is 0.394. The molecule has 2 heterocycles. The summed E-state index contributed by atoms with van der Waals surface area (Å²) in [6.07, 6.45) is 21.4. The molecule has 39 heavy (non-hydrogen) atoms. The monoisotopic (exact) mass is 538 g/mol. The Hall–Kier alpha value is -3.28. The highest BCUT2D eigenvalue weighted by Gasteiger charge is 2.37. The van der Waals surface area contributed by atoms with Gasteiger partial charge in [0.05, 0.1) is 11.4 Å². The van der Waals surface area contributed by atoms with Crippen molar-refractivity contribution < 1.29 is 17.6 Å². The maximum Gasteiger partial charge on any atom is 0.154 e. The van der Waals surface area contributed by atoms with E-state index in [2.05, 4.69) is 0 Å². The van der Waals surface area contributed by atoms with Gasteiger partial charge in [0.1, 0.15) is 11.6 Å². The highest BCUT2D eigenvalue weighted by Crippen LogP contribution is 2.40. The molecule has 2 aromatic heterocycles. The second-order valence-electron chi connectivity index (χ2n) is 10.9. The molecule has 0 saturated heterocycles. The zero-order valence-electron chi connectivity index (χ0n) is 22.9. The van der Waals surface area contributed by atoms with Gasteiger partial charge in [-0.25, -0.2) is 17.6 Å². The van der Waals surface area contributed by atoms with Crippen LogP contribution in [0.1, 0.15) is 89.2 Å². The number of hydrogen-bond donors (Lipinski definition) is 0. The highest BCUT2D eigenvalue weighted by molar-refractivity contribution is 5.50. The molecule has 2 saturated carbocycles. The average molecular weight is 539 g/mol. The molecule has 4 aromatic rings. The van der Waals surface area contributed by atoms with Gasteiger partial charge in [-0.2, -0.15) is 0 Å². The van der Waals surface area contributed by atoms with Crippen LogP contribution in [-0.4, -0.2) is 9.13 Å². The lowest BCUT2D eigenvalue weighted by atomic mass is 9.76. The van der Waals surface area contributed by atoms with Gasteiger partial charge in [-0.15, -0.1) is 0 Å². The molecule has 0 radical (unpaired) electrons. The third kappa shape index (κ3) is 6.66. The molecule has 0 N–H and O–H groups in total. The van der Waals surface area contributed by atoms with Crippen LogP contribution >= 0.6 is 0 Å². The van der Waals surface area contributed by atoms with Gasteiger partial charge in [-0.1, -0.05) is 78.1 Å². The lowest BCUT2D eigenvalue weighted by Gasteiger charge is -2.29. The summed E-state index contributed by atoms with van der Waals surface area (Å²) >= 11 is 0. The molecule has 2 aromatic carbocycles. The summed E-state index contributed by atoms with van der Waals surface area (Å²) in [7, 11) is 0. The Morgan fingerprint density at radius 2 is 0.769 bits per heavy atom. The molecule has 6 rings (SSSR count). The Morgan fingerprint density at radius 3 is 1.05 bits per heavy atom. The first-order valence-electron chi connectivity index (χ1n) is 14.1. The Kier molecular flexibility index (Phi) is 9.71. The molecule has 2 aliphatic rings. The van der Waals surface area contributed by atoms with Gasteiger partial charge in [-0.3, -0.25) is 0 Å². The predicted molar refractivity (Wildman–Crippen MR) is 150 cm³/mol. The Balaban J connectivity index is 0.000000294. The predicted octanol–water partition coefficient (Wildman–Crippen LogP) is 10.1. The van der Waals surface area contributed by atoms with Crippen molar-refractivity contribution in [2.24, 2.45) is 0 Å². The zero-order chi connectivity index (χ0) is 27.8. The topological polar surface area (TPSA) is 9.86 Å². The van der Waals surface area contributed by atoms with E-state index in [4.69, 9.17) is 0 Å². The smallest absolute Gasteiger partial charge is 0.154 e. The lowest BCUT2D eigenvalue weighted by molar-refractivity contribution is 0.451. The van der Waals surface area contributed by atoms with Crippen LogP contribution < -0.4 is 0 Å². The van der Waals surface area contributed by atoms with Crippen LogP contribution in [-0.2, 0) is 5.41 Å². The van der Waals surface area contributed by atoms with Crippen molar-refractivity contribution in [1.82, 2.24) is 9.13 Å². The Morgan fingerprint density at radius 1 is 0.487 bits per heavy atom. The maximum absolute atomic E-state index is 15.4. The number of rotatable bonds is 4. The van der Waals surface area contributed by atoms with E-state index < -0.39 is 39.8 Å². The average Bonchev–Trinajstić information content (AvgIpc) is 3.74. The second-order valence-corrected chi connectivity index (χ2v) is 10.9. The lowest BCUT2D eigenvalue weighted by Crippen LogP contribution is -2.27. The fourth-order valence-electron chi connectivity index (χ4n) is 5.51. The number of halogens is 4. The summed E-state index contributed by atoms with van der Waals surface area (Å²) < 4.78 is 63.4. The minimum Gasteiger partial charge on any atom is -0.321 e. The Labute approximate surface area is 229 Å². The molecular weight excluding hydrogens is 500 g/mol. The van der Waals surface area contributed by atoms with Crippen LogP contribution in [0, 0.1) is 23.3 Å². The molecule has 0 aliphatic heterocycles. The molecule has 0 unspecified atom stereocenters. The van der Waals surface area contributed by atoms with Gasteiger partial charge in [0.25, 0.3) is 0 Å². The van der Waals surface area contributed by atoms with Gasteiger partial charge in [0.15, 0.2) is 11.6 Å². The van der Waals surface area contributed by atoms with Gasteiger partial charge in [0.2, 0.25) is 0 Å². The molecule has 0 atom stereocenters. The van der Waals surface area contributed by atoms with Crippen molar-refractivity contribution in [1.29, 1.82) is 0 Å². The van der Waals surface area contributed by atoms with Gasteiger partial charge >= 0.3 is 0 Å². The van der Waals surface area contributed by atoms with Crippen LogP contribution in [0.5, 0.6) is 0 Å². The number of aromatic nitrogens is 2. The summed E-state index contributed by atoms with van der Waals surface area (Å²) in [5.41, 5.74) is -2.21. The summed E-state index contributed by atoms with van der Waals surface area (Å²) in [5.74, 6) is -3.46. The highest BCUT2D eigenvalue weighted by atomic mass is 19.1. The van der Waals surface area contributed by atoms with Crippen LogP contribution in [0.3, 0.4) is 0 Å². The summed E-state index contributed by atoms with van der Waals surface area (Å²) in [6, 6.07) is 11.6. The molecule has 2 aliphatic carbocycles. The maximum atomic E-state index is 15.4. The van der Waals surface area contributed by atoms with Crippen molar-refractivity contribution in [3.63, 3.8) is 0 Å². The molecule has 6 heteroatoms. The van der Waals surface area contributed by atoms with E-state index in [1.807, 2.05) is 0 Å². The minimum absolute atomic E-state index is 0.0989. The molecule has 2 fully saturated rings. The quantitative estimate of drug-likeness (QED) is 0.229. The molecule has 208 valence electrons. The van der Waals surface area contributed by atoms with Crippen LogP contribution in [0.15, 0.2) is 73.3 Å². The number of benzene rings is 2. The number of hydrogen-bond acceptors (Lipinski definition) is 0. The van der Waals surface area contributed by atoms with Crippen LogP contribution in [0.4, 0.5) is 17.6 Å². The summed E-state index contributed by atoms with van der Waals surface area (Å²) in [6.45, 7) is 2.82. The molecule has 0 bridgehead atoms. The van der Waals surface area contributed by atoms with Crippen molar-refractivity contribution in [2.75, 3.05) is 0 Å². The van der Waals surface area contributed by atoms with Crippen LogP contribution in [0.25, 0.3) is 11.4 Å². The van der Waals surface area contributed by atoms with E-state index >= 15 is 8.78 Å². The number of nitrogens with zero attached hydrogens (tertiary/aromatic N) is 2. The molecule has 0 amide bonds. The van der Waals surface area contributed by atoms with Crippen molar-refractivity contribution in [3.8, 4) is 11.4 Å². The third-order valence-corrected chi connectivity index (χ3v) is 7.66. The molecular formula is C33H38F4N2. The SMILES string of the molecule is C1CCCC1.C1CCCC1.CC(C)(c1c(F)ccc(-n2cccc2)c1F)c1c(F)ccc(-n2cccc2)c1F. The van der Waals surface area contributed by atoms with Gasteiger partial charge < -0.3 is 9.13 Å². The fourth-order valence-corrected chi connectivity index (χ4v) is 5.51. The first kappa shape index (κ1) is 28.7. The second kappa shape index (κ2) is 13.2. The van der Waals surface area contributed by atoms with E-state index in [0.717, 1.165) is 12.1 Å². The minimum atomic E-state index is -1.62. The van der Waals surface area contributed by atoms with E-state index in [0.29, 0.717) is 0 Å². The largest absolute Gasteiger partial charge is 0.321 e. The van der Waals surface area contributed by atoms with Crippen LogP contribution in [0.2, 0.25) is 0 Å². The van der Waals surface area contributed by atoms with Crippen molar-refractivity contribution in [2.45, 2.75) is 83.5 Å². The van der Waals surface area contributed by atoms with Crippen molar-refractivity contribution >= 4 is 0 Å². The Bertz CT molecular complexity index is 1200. The van der Waals surface area contributed by atoms with Gasteiger partial charge in [0, 0.05) is 41.3 Å². The first-order chi connectivity index (χ1) is 18.8.